The van der Waals surface area contributed by atoms with Gasteiger partial charge >= 0.3 is 0 Å². The van der Waals surface area contributed by atoms with E-state index < -0.39 is 6.10 Å². The number of hydrogen-bond acceptors (Lipinski definition) is 6. The highest BCUT2D eigenvalue weighted by atomic mass is 16.7. The molecule has 1 heterocycles. The molecule has 1 aliphatic rings. The first-order valence-corrected chi connectivity index (χ1v) is 7.75. The smallest absolute Gasteiger partial charge is 0.169 e. The summed E-state index contributed by atoms with van der Waals surface area (Å²) in [5.41, 5.74) is 3.48. The average molecular weight is 322 g/mol. The molecule has 6 nitrogen and oxygen atoms in total. The van der Waals surface area contributed by atoms with E-state index in [9.17, 15) is 5.11 Å². The first-order valence-electron chi connectivity index (χ1n) is 7.75. The second-order valence-corrected chi connectivity index (χ2v) is 6.58. The number of hydroxylamine groups is 1. The van der Waals surface area contributed by atoms with Gasteiger partial charge < -0.3 is 19.9 Å². The van der Waals surface area contributed by atoms with Crippen molar-refractivity contribution in [1.29, 1.82) is 0 Å². The van der Waals surface area contributed by atoms with Gasteiger partial charge in [0.05, 0.1) is 11.8 Å². The number of fused-ring (bicyclic) bond motifs is 1. The number of β-amino-alcohol motifs (C(OH)–C–C–N with tert-alkyl or cyclic N) is 1. The highest BCUT2D eigenvalue weighted by molar-refractivity contribution is 5.42. The fourth-order valence-corrected chi connectivity index (χ4v) is 1.93. The molecule has 3 N–H and O–H groups in total. The fourth-order valence-electron chi connectivity index (χ4n) is 1.93. The molecule has 128 valence electrons. The highest BCUT2D eigenvalue weighted by Gasteiger charge is 2.17. The van der Waals surface area contributed by atoms with Crippen LogP contribution in [-0.4, -0.2) is 36.5 Å². The van der Waals surface area contributed by atoms with E-state index in [4.69, 9.17) is 14.3 Å². The molecule has 1 atom stereocenters. The Labute approximate surface area is 137 Å². The lowest BCUT2D eigenvalue weighted by atomic mass is 10.1. The average Bonchev–Trinajstić information content (AvgIpc) is 2.51. The standard InChI is InChI=1S/C17H26N2O4/c1-12(19-22-10-13(20)9-18-17(2,3)4)16-11-21-14-7-5-6-8-15(14)23-16/h5-8,13,18-20H,9-11H2,1-4H3/b16-12+/t13-/m0/s1. The molecule has 1 aromatic rings. The van der Waals surface area contributed by atoms with Crippen molar-refractivity contribution in [3.05, 3.63) is 35.7 Å². The molecule has 1 aromatic carbocycles. The largest absolute Gasteiger partial charge is 0.482 e. The van der Waals surface area contributed by atoms with Gasteiger partial charge in [0, 0.05) is 12.1 Å². The zero-order valence-corrected chi connectivity index (χ0v) is 14.2. The monoisotopic (exact) mass is 322 g/mol. The van der Waals surface area contributed by atoms with Crippen LogP contribution in [0.4, 0.5) is 0 Å². The summed E-state index contributed by atoms with van der Waals surface area (Å²) in [6.45, 7) is 8.96. The second-order valence-electron chi connectivity index (χ2n) is 6.58. The molecule has 23 heavy (non-hydrogen) atoms. The number of nitrogens with one attached hydrogen (secondary N) is 2. The number of aliphatic hydroxyl groups excluding tert-OH is 1. The van der Waals surface area contributed by atoms with Crippen molar-refractivity contribution in [3.63, 3.8) is 0 Å². The molecular weight excluding hydrogens is 296 g/mol. The van der Waals surface area contributed by atoms with Gasteiger partial charge in [0.1, 0.15) is 13.2 Å². The summed E-state index contributed by atoms with van der Waals surface area (Å²) >= 11 is 0. The zero-order valence-electron chi connectivity index (χ0n) is 14.2. The Morgan fingerprint density at radius 3 is 2.70 bits per heavy atom. The van der Waals surface area contributed by atoms with Crippen LogP contribution in [0.15, 0.2) is 35.7 Å². The van der Waals surface area contributed by atoms with Crippen LogP contribution < -0.4 is 20.3 Å². The summed E-state index contributed by atoms with van der Waals surface area (Å²) in [7, 11) is 0. The third-order valence-electron chi connectivity index (χ3n) is 3.23. The predicted molar refractivity (Wildman–Crippen MR) is 88.1 cm³/mol. The fraction of sp³-hybridized carbons (Fsp3) is 0.529. The molecule has 6 heteroatoms. The Morgan fingerprint density at radius 2 is 2.00 bits per heavy atom. The summed E-state index contributed by atoms with van der Waals surface area (Å²) in [4.78, 5) is 5.33. The molecule has 0 radical (unpaired) electrons. The minimum absolute atomic E-state index is 0.0348. The number of para-hydroxylation sites is 2. The van der Waals surface area contributed by atoms with Gasteiger partial charge in [0.15, 0.2) is 17.3 Å². The number of rotatable bonds is 6. The lowest BCUT2D eigenvalue weighted by Gasteiger charge is -2.24. The number of allylic oxidation sites excluding steroid dienone is 1. The molecule has 0 aliphatic carbocycles. The first-order chi connectivity index (χ1) is 10.8. The molecule has 0 amide bonds. The van der Waals surface area contributed by atoms with Crippen LogP contribution in [0.2, 0.25) is 0 Å². The summed E-state index contributed by atoms with van der Waals surface area (Å²) < 4.78 is 11.4. The van der Waals surface area contributed by atoms with Crippen LogP contribution in [0.1, 0.15) is 27.7 Å². The normalized spacial score (nSPS) is 17.6. The van der Waals surface area contributed by atoms with Gasteiger partial charge in [-0.3, -0.25) is 10.3 Å². The maximum atomic E-state index is 9.87. The van der Waals surface area contributed by atoms with Crippen LogP contribution in [-0.2, 0) is 4.84 Å². The van der Waals surface area contributed by atoms with Gasteiger partial charge in [0.25, 0.3) is 0 Å². The van der Waals surface area contributed by atoms with Crippen LogP contribution in [0.5, 0.6) is 11.5 Å². The minimum Gasteiger partial charge on any atom is -0.482 e. The van der Waals surface area contributed by atoms with E-state index in [1.54, 1.807) is 0 Å². The lowest BCUT2D eigenvalue weighted by molar-refractivity contribution is -0.00883. The molecule has 0 saturated carbocycles. The van der Waals surface area contributed by atoms with E-state index in [0.717, 1.165) is 11.4 Å². The maximum absolute atomic E-state index is 9.87. The summed E-state index contributed by atoms with van der Waals surface area (Å²) in [6, 6.07) is 7.51. The van der Waals surface area contributed by atoms with E-state index in [0.29, 0.717) is 24.7 Å². The molecule has 0 saturated heterocycles. The second kappa shape index (κ2) is 7.68. The summed E-state index contributed by atoms with van der Waals surface area (Å²) in [5.74, 6) is 2.07. The number of ether oxygens (including phenoxy) is 2. The van der Waals surface area contributed by atoms with Crippen LogP contribution in [0.25, 0.3) is 0 Å². The van der Waals surface area contributed by atoms with Gasteiger partial charge in [-0.2, -0.15) is 0 Å². The van der Waals surface area contributed by atoms with E-state index in [1.807, 2.05) is 52.0 Å². The van der Waals surface area contributed by atoms with Crippen molar-refractivity contribution in [2.24, 2.45) is 0 Å². The molecule has 0 spiro atoms. The Morgan fingerprint density at radius 1 is 1.30 bits per heavy atom. The molecular formula is C17H26N2O4. The predicted octanol–water partition coefficient (Wildman–Crippen LogP) is 1.96. The third kappa shape index (κ3) is 5.74. The van der Waals surface area contributed by atoms with Crippen molar-refractivity contribution in [2.45, 2.75) is 39.3 Å². The van der Waals surface area contributed by atoms with E-state index in [2.05, 4.69) is 10.8 Å². The van der Waals surface area contributed by atoms with E-state index in [-0.39, 0.29) is 12.1 Å². The quantitative estimate of drug-likeness (QED) is 0.696. The van der Waals surface area contributed by atoms with Crippen molar-refractivity contribution in [3.8, 4) is 11.5 Å². The number of aliphatic hydroxyl groups is 1. The van der Waals surface area contributed by atoms with Gasteiger partial charge in [-0.25, -0.2) is 0 Å². The topological polar surface area (TPSA) is 72.0 Å². The molecule has 0 bridgehead atoms. The number of hydrogen-bond donors (Lipinski definition) is 3. The first kappa shape index (κ1) is 17.6. The van der Waals surface area contributed by atoms with E-state index >= 15 is 0 Å². The van der Waals surface area contributed by atoms with Crippen molar-refractivity contribution in [2.75, 3.05) is 19.8 Å². The number of benzene rings is 1. The minimum atomic E-state index is -0.594. The zero-order chi connectivity index (χ0) is 16.9. The van der Waals surface area contributed by atoms with Gasteiger partial charge in [-0.15, -0.1) is 0 Å². The van der Waals surface area contributed by atoms with Gasteiger partial charge in [-0.05, 0) is 39.8 Å². The Hall–Kier alpha value is -1.76. The Balaban J connectivity index is 1.78. The Bertz CT molecular complexity index is 552. The highest BCUT2D eigenvalue weighted by Crippen LogP contribution is 2.32. The SMILES string of the molecule is C/C(NOC[C@@H](O)CNC(C)(C)C)=C1/COc2ccccc2O1. The summed E-state index contributed by atoms with van der Waals surface area (Å²) in [6.07, 6.45) is -0.594. The molecule has 0 aromatic heterocycles. The van der Waals surface area contributed by atoms with Gasteiger partial charge in [-0.1, -0.05) is 12.1 Å². The van der Waals surface area contributed by atoms with Crippen LogP contribution in [0, 0.1) is 0 Å². The molecule has 0 unspecified atom stereocenters. The lowest BCUT2D eigenvalue weighted by Crippen LogP contribution is -2.42. The van der Waals surface area contributed by atoms with Crippen molar-refractivity contribution < 1.29 is 19.4 Å². The molecule has 1 aliphatic heterocycles. The summed E-state index contributed by atoms with van der Waals surface area (Å²) in [5, 5.41) is 13.1. The third-order valence-corrected chi connectivity index (χ3v) is 3.23. The Kier molecular flexibility index (Phi) is 5.87. The van der Waals surface area contributed by atoms with Gasteiger partial charge in [0.2, 0.25) is 0 Å². The van der Waals surface area contributed by atoms with Crippen molar-refractivity contribution >= 4 is 0 Å². The van der Waals surface area contributed by atoms with Crippen molar-refractivity contribution in [1.82, 2.24) is 10.8 Å². The van der Waals surface area contributed by atoms with Crippen LogP contribution >= 0.6 is 0 Å². The maximum Gasteiger partial charge on any atom is 0.169 e. The molecule has 0 fully saturated rings. The molecule has 2 rings (SSSR count). The van der Waals surface area contributed by atoms with Crippen LogP contribution in [0.3, 0.4) is 0 Å². The van der Waals surface area contributed by atoms with E-state index in [1.165, 1.54) is 0 Å².